The second-order valence-electron chi connectivity index (χ2n) is 5.58. The van der Waals surface area contributed by atoms with Crippen molar-refractivity contribution in [1.82, 2.24) is 19.7 Å². The highest BCUT2D eigenvalue weighted by Crippen LogP contribution is 2.19. The number of rotatable bonds is 7. The quantitative estimate of drug-likeness (QED) is 0.587. The van der Waals surface area contributed by atoms with Crippen LogP contribution >= 0.6 is 0 Å². The van der Waals surface area contributed by atoms with Crippen LogP contribution < -0.4 is 16.4 Å². The van der Waals surface area contributed by atoms with Crippen molar-refractivity contribution in [2.24, 2.45) is 5.73 Å². The SMILES string of the molecule is CCn1cc(Nc2ncc(C(N)=O)c(NCc3c(F)cccc3F)n2)cn1. The van der Waals surface area contributed by atoms with Crippen molar-refractivity contribution in [2.45, 2.75) is 20.0 Å². The summed E-state index contributed by atoms with van der Waals surface area (Å²) in [6.07, 6.45) is 4.59. The lowest BCUT2D eigenvalue weighted by Gasteiger charge is -2.12. The number of hydrogen-bond donors (Lipinski definition) is 3. The fourth-order valence-electron chi connectivity index (χ4n) is 2.36. The van der Waals surface area contributed by atoms with E-state index in [1.54, 1.807) is 17.1 Å². The number of carbonyl (C=O) groups excluding carboxylic acids is 1. The monoisotopic (exact) mass is 373 g/mol. The van der Waals surface area contributed by atoms with Gasteiger partial charge in [0, 0.05) is 31.0 Å². The van der Waals surface area contributed by atoms with E-state index in [1.807, 2.05) is 6.92 Å². The van der Waals surface area contributed by atoms with Gasteiger partial charge in [0.25, 0.3) is 5.91 Å². The molecule has 1 amide bonds. The van der Waals surface area contributed by atoms with Crippen molar-refractivity contribution >= 4 is 23.4 Å². The fourth-order valence-corrected chi connectivity index (χ4v) is 2.36. The summed E-state index contributed by atoms with van der Waals surface area (Å²) < 4.78 is 29.3. The molecule has 0 aliphatic rings. The molecule has 10 heteroatoms. The number of hydrogen-bond acceptors (Lipinski definition) is 6. The summed E-state index contributed by atoms with van der Waals surface area (Å²) in [4.78, 5) is 19.8. The molecule has 0 aliphatic carbocycles. The highest BCUT2D eigenvalue weighted by atomic mass is 19.1. The predicted molar refractivity (Wildman–Crippen MR) is 95.4 cm³/mol. The lowest BCUT2D eigenvalue weighted by atomic mass is 10.2. The van der Waals surface area contributed by atoms with E-state index in [0.29, 0.717) is 12.2 Å². The van der Waals surface area contributed by atoms with E-state index in [2.05, 4.69) is 25.7 Å². The zero-order valence-corrected chi connectivity index (χ0v) is 14.4. The first-order chi connectivity index (χ1) is 13.0. The van der Waals surface area contributed by atoms with Crippen LogP contribution in [0.25, 0.3) is 0 Å². The van der Waals surface area contributed by atoms with Gasteiger partial charge in [-0.2, -0.15) is 10.1 Å². The van der Waals surface area contributed by atoms with Crippen LogP contribution in [0.3, 0.4) is 0 Å². The van der Waals surface area contributed by atoms with Crippen molar-refractivity contribution < 1.29 is 13.6 Å². The molecule has 2 heterocycles. The van der Waals surface area contributed by atoms with Crippen LogP contribution in [0, 0.1) is 11.6 Å². The Morgan fingerprint density at radius 2 is 2.00 bits per heavy atom. The van der Waals surface area contributed by atoms with Crippen molar-refractivity contribution in [3.8, 4) is 0 Å². The van der Waals surface area contributed by atoms with Crippen molar-refractivity contribution in [2.75, 3.05) is 10.6 Å². The lowest BCUT2D eigenvalue weighted by molar-refractivity contribution is 0.100. The van der Waals surface area contributed by atoms with Gasteiger partial charge in [0.2, 0.25) is 5.95 Å². The number of carbonyl (C=O) groups is 1. The Morgan fingerprint density at radius 3 is 2.63 bits per heavy atom. The van der Waals surface area contributed by atoms with Crippen LogP contribution in [-0.2, 0) is 13.1 Å². The Kier molecular flexibility index (Phi) is 5.25. The van der Waals surface area contributed by atoms with Gasteiger partial charge < -0.3 is 16.4 Å². The normalized spacial score (nSPS) is 10.6. The zero-order chi connectivity index (χ0) is 19.4. The van der Waals surface area contributed by atoms with Crippen molar-refractivity contribution in [1.29, 1.82) is 0 Å². The Morgan fingerprint density at radius 1 is 1.26 bits per heavy atom. The molecule has 0 aliphatic heterocycles. The van der Waals surface area contributed by atoms with E-state index in [0.717, 1.165) is 12.1 Å². The maximum Gasteiger partial charge on any atom is 0.254 e. The van der Waals surface area contributed by atoms with Gasteiger partial charge >= 0.3 is 0 Å². The number of nitrogens with two attached hydrogens (primary N) is 1. The molecule has 0 saturated carbocycles. The summed E-state index contributed by atoms with van der Waals surface area (Å²) in [6, 6.07) is 3.56. The van der Waals surface area contributed by atoms with E-state index in [9.17, 15) is 13.6 Å². The third kappa shape index (κ3) is 4.17. The molecule has 3 rings (SSSR count). The van der Waals surface area contributed by atoms with Crippen LogP contribution in [0.2, 0.25) is 0 Å². The van der Waals surface area contributed by atoms with Crippen LogP contribution in [0.4, 0.5) is 26.2 Å². The third-order valence-electron chi connectivity index (χ3n) is 3.76. The largest absolute Gasteiger partial charge is 0.365 e. The molecule has 0 bridgehead atoms. The molecule has 0 spiro atoms. The van der Waals surface area contributed by atoms with Crippen LogP contribution in [0.1, 0.15) is 22.8 Å². The highest BCUT2D eigenvalue weighted by Gasteiger charge is 2.15. The standard InChI is InChI=1S/C17H17F2N7O/c1-2-26-9-10(6-23-26)24-17-22-8-12(15(20)27)16(25-17)21-7-11-13(18)4-3-5-14(11)19/h3-6,8-9H,2,7H2,1H3,(H2,20,27)(H2,21,22,24,25). The molecule has 3 aromatic rings. The van der Waals surface area contributed by atoms with Gasteiger partial charge in [0.1, 0.15) is 17.5 Å². The molecule has 0 saturated heterocycles. The minimum absolute atomic E-state index is 0.00144. The molecule has 2 aromatic heterocycles. The summed E-state index contributed by atoms with van der Waals surface area (Å²) in [6.45, 7) is 2.42. The van der Waals surface area contributed by atoms with Gasteiger partial charge in [-0.1, -0.05) is 6.07 Å². The number of nitrogens with zero attached hydrogens (tertiary/aromatic N) is 4. The van der Waals surface area contributed by atoms with E-state index in [1.165, 1.54) is 12.3 Å². The molecule has 1 aromatic carbocycles. The van der Waals surface area contributed by atoms with Crippen LogP contribution in [0.15, 0.2) is 36.8 Å². The molecule has 0 fully saturated rings. The van der Waals surface area contributed by atoms with Gasteiger partial charge in [-0.15, -0.1) is 0 Å². The molecular formula is C17H17F2N7O. The first kappa shape index (κ1) is 18.2. The average molecular weight is 373 g/mol. The number of halogens is 2. The Hall–Kier alpha value is -3.56. The number of amides is 1. The number of aromatic nitrogens is 4. The number of primary amides is 1. The Balaban J connectivity index is 1.84. The molecule has 0 radical (unpaired) electrons. The molecule has 8 nitrogen and oxygen atoms in total. The van der Waals surface area contributed by atoms with Gasteiger partial charge in [-0.05, 0) is 19.1 Å². The summed E-state index contributed by atoms with van der Waals surface area (Å²) in [5.74, 6) is -1.94. The van der Waals surface area contributed by atoms with E-state index < -0.39 is 17.5 Å². The second kappa shape index (κ2) is 7.77. The molecule has 4 N–H and O–H groups in total. The highest BCUT2D eigenvalue weighted by molar-refractivity contribution is 5.97. The maximum atomic E-state index is 13.8. The van der Waals surface area contributed by atoms with E-state index in [-0.39, 0.29) is 29.4 Å². The van der Waals surface area contributed by atoms with Crippen LogP contribution in [0.5, 0.6) is 0 Å². The summed E-state index contributed by atoms with van der Waals surface area (Å²) in [5, 5.41) is 9.80. The van der Waals surface area contributed by atoms with E-state index in [4.69, 9.17) is 5.73 Å². The van der Waals surface area contributed by atoms with Gasteiger partial charge in [-0.3, -0.25) is 9.48 Å². The smallest absolute Gasteiger partial charge is 0.254 e. The molecule has 0 unspecified atom stereocenters. The topological polar surface area (TPSA) is 111 Å². The Labute approximate surface area is 153 Å². The summed E-state index contributed by atoms with van der Waals surface area (Å²) in [5.41, 5.74) is 5.80. The third-order valence-corrected chi connectivity index (χ3v) is 3.76. The average Bonchev–Trinajstić information content (AvgIpc) is 3.09. The molecule has 27 heavy (non-hydrogen) atoms. The molecular weight excluding hydrogens is 356 g/mol. The minimum Gasteiger partial charge on any atom is -0.365 e. The lowest BCUT2D eigenvalue weighted by Crippen LogP contribution is -2.17. The number of anilines is 3. The van der Waals surface area contributed by atoms with Crippen LogP contribution in [-0.4, -0.2) is 25.7 Å². The van der Waals surface area contributed by atoms with Gasteiger partial charge in [-0.25, -0.2) is 13.8 Å². The van der Waals surface area contributed by atoms with Gasteiger partial charge in [0.15, 0.2) is 0 Å². The number of aryl methyl sites for hydroxylation is 1. The van der Waals surface area contributed by atoms with Crippen molar-refractivity contribution in [3.05, 3.63) is 59.6 Å². The number of nitrogens with one attached hydrogen (secondary N) is 2. The summed E-state index contributed by atoms with van der Waals surface area (Å²) >= 11 is 0. The zero-order valence-electron chi connectivity index (χ0n) is 14.4. The second-order valence-corrected chi connectivity index (χ2v) is 5.58. The van der Waals surface area contributed by atoms with E-state index >= 15 is 0 Å². The maximum absolute atomic E-state index is 13.8. The number of benzene rings is 1. The first-order valence-corrected chi connectivity index (χ1v) is 8.11. The van der Waals surface area contributed by atoms with Crippen molar-refractivity contribution in [3.63, 3.8) is 0 Å². The van der Waals surface area contributed by atoms with Gasteiger partial charge in [0.05, 0.1) is 17.4 Å². The summed E-state index contributed by atoms with van der Waals surface area (Å²) in [7, 11) is 0. The predicted octanol–water partition coefficient (Wildman–Crippen LogP) is 2.43. The fraction of sp³-hybridized carbons (Fsp3) is 0.176. The molecule has 140 valence electrons. The minimum atomic E-state index is -0.767. The Bertz CT molecular complexity index is 953. The molecule has 0 atom stereocenters. The first-order valence-electron chi connectivity index (χ1n) is 8.11.